The molecule has 4 rings (SSSR count). The number of aryl methyl sites for hydroxylation is 2. The molecule has 3 aromatic heterocycles. The SMILES string of the molecule is Cc1cc(-c2cn3cc(C(=O)N4CC(O)C4)nc3c(=O)n2C)c(C)o1. The second kappa shape index (κ2) is 5.32. The highest BCUT2D eigenvalue weighted by Crippen LogP contribution is 2.25. The van der Waals surface area contributed by atoms with Crippen molar-refractivity contribution in [1.29, 1.82) is 0 Å². The normalized spacial score (nSPS) is 15.0. The Kier molecular flexibility index (Phi) is 3.33. The average Bonchev–Trinajstić information content (AvgIpc) is 3.10. The third-order valence-corrected chi connectivity index (χ3v) is 4.54. The molecule has 0 aromatic carbocycles. The fraction of sp³-hybridized carbons (Fsp3) is 0.353. The van der Waals surface area contributed by atoms with Crippen LogP contribution in [0.3, 0.4) is 0 Å². The fourth-order valence-corrected chi connectivity index (χ4v) is 3.15. The first-order valence-electron chi connectivity index (χ1n) is 7.98. The van der Waals surface area contributed by atoms with Crippen LogP contribution in [0, 0.1) is 13.8 Å². The number of rotatable bonds is 2. The summed E-state index contributed by atoms with van der Waals surface area (Å²) in [5.41, 5.74) is 1.60. The standard InChI is InChI=1S/C17H18N4O4/c1-9-4-12(10(2)25-9)14-8-20-7-13(16(23)21-5-11(22)6-21)18-15(20)17(24)19(14)3/h4,7-8,11,22H,5-6H2,1-3H3. The van der Waals surface area contributed by atoms with Gasteiger partial charge in [-0.25, -0.2) is 4.98 Å². The molecule has 130 valence electrons. The van der Waals surface area contributed by atoms with Crippen LogP contribution in [0.1, 0.15) is 22.0 Å². The Hall–Kier alpha value is -2.87. The van der Waals surface area contributed by atoms with Gasteiger partial charge in [-0.3, -0.25) is 14.0 Å². The second-order valence-electron chi connectivity index (χ2n) is 6.43. The summed E-state index contributed by atoms with van der Waals surface area (Å²) in [6.45, 7) is 4.28. The Morgan fingerprint density at radius 2 is 2.04 bits per heavy atom. The van der Waals surface area contributed by atoms with Crippen LogP contribution in [0.25, 0.3) is 16.9 Å². The number of likely N-dealkylation sites (tertiary alicyclic amines) is 1. The monoisotopic (exact) mass is 342 g/mol. The molecule has 3 aromatic rings. The fourth-order valence-electron chi connectivity index (χ4n) is 3.15. The van der Waals surface area contributed by atoms with Crippen molar-refractivity contribution in [3.8, 4) is 11.3 Å². The largest absolute Gasteiger partial charge is 0.466 e. The summed E-state index contributed by atoms with van der Waals surface area (Å²) in [5.74, 6) is 1.20. The predicted octanol–water partition coefficient (Wildman–Crippen LogP) is 0.727. The smallest absolute Gasteiger partial charge is 0.294 e. The van der Waals surface area contributed by atoms with Crippen molar-refractivity contribution in [1.82, 2.24) is 18.9 Å². The van der Waals surface area contributed by atoms with Gasteiger partial charge in [-0.15, -0.1) is 0 Å². The van der Waals surface area contributed by atoms with Gasteiger partial charge < -0.3 is 19.0 Å². The third-order valence-electron chi connectivity index (χ3n) is 4.54. The zero-order chi connectivity index (χ0) is 17.9. The first-order valence-corrected chi connectivity index (χ1v) is 7.98. The zero-order valence-electron chi connectivity index (χ0n) is 14.2. The molecule has 1 fully saturated rings. The molecule has 25 heavy (non-hydrogen) atoms. The van der Waals surface area contributed by atoms with Gasteiger partial charge in [0.2, 0.25) is 5.65 Å². The third kappa shape index (κ3) is 2.37. The molecular weight excluding hydrogens is 324 g/mol. The van der Waals surface area contributed by atoms with Gasteiger partial charge in [0.05, 0.1) is 11.8 Å². The molecule has 0 radical (unpaired) electrons. The zero-order valence-corrected chi connectivity index (χ0v) is 14.2. The van der Waals surface area contributed by atoms with Crippen LogP contribution in [0.15, 0.2) is 27.7 Å². The minimum absolute atomic E-state index is 0.188. The molecule has 1 N–H and O–H groups in total. The van der Waals surface area contributed by atoms with Gasteiger partial charge >= 0.3 is 0 Å². The highest BCUT2D eigenvalue weighted by atomic mass is 16.3. The highest BCUT2D eigenvalue weighted by molar-refractivity contribution is 5.93. The first-order chi connectivity index (χ1) is 11.8. The van der Waals surface area contributed by atoms with Gasteiger partial charge in [0.25, 0.3) is 11.5 Å². The van der Waals surface area contributed by atoms with Crippen molar-refractivity contribution in [2.45, 2.75) is 20.0 Å². The van der Waals surface area contributed by atoms with E-state index in [4.69, 9.17) is 4.42 Å². The number of aromatic nitrogens is 3. The predicted molar refractivity (Wildman–Crippen MR) is 89.5 cm³/mol. The maximum atomic E-state index is 12.7. The van der Waals surface area contributed by atoms with E-state index >= 15 is 0 Å². The first kappa shape index (κ1) is 15.6. The van der Waals surface area contributed by atoms with Crippen LogP contribution in [0.4, 0.5) is 0 Å². The molecule has 0 spiro atoms. The Labute approximate surface area is 142 Å². The van der Waals surface area contributed by atoms with E-state index in [1.807, 2.05) is 19.9 Å². The van der Waals surface area contributed by atoms with Crippen LogP contribution < -0.4 is 5.56 Å². The summed E-state index contributed by atoms with van der Waals surface area (Å²) < 4.78 is 8.63. The summed E-state index contributed by atoms with van der Waals surface area (Å²) in [7, 11) is 1.67. The van der Waals surface area contributed by atoms with E-state index in [0.29, 0.717) is 18.8 Å². The number of fused-ring (bicyclic) bond motifs is 1. The van der Waals surface area contributed by atoms with Gasteiger partial charge in [0, 0.05) is 38.1 Å². The van der Waals surface area contributed by atoms with E-state index in [9.17, 15) is 14.7 Å². The minimum atomic E-state index is -0.479. The number of amides is 1. The lowest BCUT2D eigenvalue weighted by atomic mass is 10.1. The van der Waals surface area contributed by atoms with Crippen molar-refractivity contribution >= 4 is 11.6 Å². The highest BCUT2D eigenvalue weighted by Gasteiger charge is 2.31. The molecule has 0 saturated carbocycles. The summed E-state index contributed by atoms with van der Waals surface area (Å²) >= 11 is 0. The minimum Gasteiger partial charge on any atom is -0.466 e. The summed E-state index contributed by atoms with van der Waals surface area (Å²) in [4.78, 5) is 30.7. The van der Waals surface area contributed by atoms with Crippen molar-refractivity contribution in [2.24, 2.45) is 7.05 Å². The number of carbonyl (C=O) groups excluding carboxylic acids is 1. The van der Waals surface area contributed by atoms with Crippen LogP contribution in [-0.4, -0.2) is 49.1 Å². The number of aliphatic hydroxyl groups is 1. The molecule has 0 unspecified atom stereocenters. The molecular formula is C17H18N4O4. The lowest BCUT2D eigenvalue weighted by molar-refractivity contribution is 0.00555. The number of hydrogen-bond acceptors (Lipinski definition) is 5. The van der Waals surface area contributed by atoms with Crippen LogP contribution >= 0.6 is 0 Å². The van der Waals surface area contributed by atoms with Gasteiger partial charge in [-0.2, -0.15) is 0 Å². The molecule has 1 amide bonds. The maximum Gasteiger partial charge on any atom is 0.294 e. The van der Waals surface area contributed by atoms with Crippen molar-refractivity contribution in [3.05, 3.63) is 46.0 Å². The molecule has 8 nitrogen and oxygen atoms in total. The van der Waals surface area contributed by atoms with E-state index in [1.165, 1.54) is 9.47 Å². The molecule has 0 aliphatic carbocycles. The molecule has 1 aliphatic rings. The summed E-state index contributed by atoms with van der Waals surface area (Å²) in [6, 6.07) is 1.88. The van der Waals surface area contributed by atoms with E-state index in [-0.39, 0.29) is 22.8 Å². The summed E-state index contributed by atoms with van der Waals surface area (Å²) in [6.07, 6.45) is 2.84. The molecule has 1 aliphatic heterocycles. The Balaban J connectivity index is 1.83. The maximum absolute atomic E-state index is 12.7. The molecule has 4 heterocycles. The van der Waals surface area contributed by atoms with E-state index in [1.54, 1.807) is 23.8 Å². The van der Waals surface area contributed by atoms with Gasteiger partial charge in [-0.1, -0.05) is 0 Å². The van der Waals surface area contributed by atoms with Gasteiger partial charge in [0.1, 0.15) is 17.2 Å². The van der Waals surface area contributed by atoms with Gasteiger partial charge in [-0.05, 0) is 19.9 Å². The molecule has 0 bridgehead atoms. The Bertz CT molecular complexity index is 1050. The average molecular weight is 342 g/mol. The second-order valence-corrected chi connectivity index (χ2v) is 6.43. The number of hydrogen-bond donors (Lipinski definition) is 1. The topological polar surface area (TPSA) is 93.0 Å². The Morgan fingerprint density at radius 1 is 1.32 bits per heavy atom. The lowest BCUT2D eigenvalue weighted by Crippen LogP contribution is -2.53. The number of carbonyl (C=O) groups is 1. The number of imidazole rings is 1. The van der Waals surface area contributed by atoms with Gasteiger partial charge in [0.15, 0.2) is 0 Å². The van der Waals surface area contributed by atoms with Crippen molar-refractivity contribution in [2.75, 3.05) is 13.1 Å². The van der Waals surface area contributed by atoms with Crippen molar-refractivity contribution in [3.63, 3.8) is 0 Å². The molecule has 0 atom stereocenters. The van der Waals surface area contributed by atoms with Crippen LogP contribution in [0.5, 0.6) is 0 Å². The van der Waals surface area contributed by atoms with E-state index < -0.39 is 6.10 Å². The van der Waals surface area contributed by atoms with Crippen LogP contribution in [0.2, 0.25) is 0 Å². The quantitative estimate of drug-likeness (QED) is 0.741. The number of nitrogens with zero attached hydrogens (tertiary/aromatic N) is 4. The number of β-amino-alcohol motifs (C(OH)–C–C–N with tert-alkyl or cyclic N) is 1. The van der Waals surface area contributed by atoms with Crippen molar-refractivity contribution < 1.29 is 14.3 Å². The lowest BCUT2D eigenvalue weighted by Gasteiger charge is -2.35. The molecule has 1 saturated heterocycles. The number of furan rings is 1. The van der Waals surface area contributed by atoms with Crippen LogP contribution in [-0.2, 0) is 7.05 Å². The molecule has 8 heteroatoms. The summed E-state index contributed by atoms with van der Waals surface area (Å²) in [5, 5.41) is 9.34. The van der Waals surface area contributed by atoms with E-state index in [2.05, 4.69) is 4.98 Å². The number of aliphatic hydroxyl groups excluding tert-OH is 1. The van der Waals surface area contributed by atoms with E-state index in [0.717, 1.165) is 17.1 Å². The Morgan fingerprint density at radius 3 is 2.64 bits per heavy atom.